The molecular formula is C15H22N4O3. The Morgan fingerprint density at radius 2 is 2.14 bits per heavy atom. The lowest BCUT2D eigenvalue weighted by atomic mass is 10.3. The van der Waals surface area contributed by atoms with Crippen molar-refractivity contribution >= 4 is 17.6 Å². The average molecular weight is 306 g/mol. The standard InChI is InChI=1S/C15H22N4O3/c20-14(16-13-5-10-22-17-13)11-19(15(21)12-3-4-12)9-8-18-6-1-2-7-18/h5,10,12H,1-4,6-9,11H2,(H,16,17,20). The van der Waals surface area contributed by atoms with Crippen LogP contribution in [0, 0.1) is 5.92 Å². The minimum Gasteiger partial charge on any atom is -0.363 e. The zero-order chi connectivity index (χ0) is 15.4. The molecule has 2 heterocycles. The van der Waals surface area contributed by atoms with Gasteiger partial charge in [-0.15, -0.1) is 0 Å². The van der Waals surface area contributed by atoms with Gasteiger partial charge in [-0.3, -0.25) is 9.59 Å². The number of hydrogen-bond donors (Lipinski definition) is 1. The second-order valence-electron chi connectivity index (χ2n) is 6.02. The Morgan fingerprint density at radius 1 is 1.36 bits per heavy atom. The minimum atomic E-state index is -0.232. The highest BCUT2D eigenvalue weighted by Gasteiger charge is 2.34. The van der Waals surface area contributed by atoms with E-state index in [0.717, 1.165) is 32.5 Å². The van der Waals surface area contributed by atoms with Gasteiger partial charge in [-0.2, -0.15) is 0 Å². The molecule has 2 aliphatic rings. The van der Waals surface area contributed by atoms with Gasteiger partial charge >= 0.3 is 0 Å². The Kier molecular flexibility index (Phi) is 4.72. The number of nitrogens with zero attached hydrogens (tertiary/aromatic N) is 3. The second-order valence-corrected chi connectivity index (χ2v) is 6.02. The summed E-state index contributed by atoms with van der Waals surface area (Å²) in [5, 5.41) is 6.29. The van der Waals surface area contributed by atoms with Gasteiger partial charge in [0.1, 0.15) is 6.26 Å². The van der Waals surface area contributed by atoms with E-state index in [9.17, 15) is 9.59 Å². The fourth-order valence-electron chi connectivity index (χ4n) is 2.76. The Balaban J connectivity index is 1.52. The van der Waals surface area contributed by atoms with Crippen LogP contribution in [-0.4, -0.2) is 59.5 Å². The van der Waals surface area contributed by atoms with Gasteiger partial charge in [-0.1, -0.05) is 5.16 Å². The first-order chi connectivity index (χ1) is 10.7. The highest BCUT2D eigenvalue weighted by molar-refractivity contribution is 5.94. The third-order valence-electron chi connectivity index (χ3n) is 4.16. The second kappa shape index (κ2) is 6.91. The van der Waals surface area contributed by atoms with Gasteiger partial charge in [0, 0.05) is 25.1 Å². The summed E-state index contributed by atoms with van der Waals surface area (Å²) >= 11 is 0. The fraction of sp³-hybridized carbons (Fsp3) is 0.667. The van der Waals surface area contributed by atoms with Crippen molar-refractivity contribution in [3.05, 3.63) is 12.3 Å². The molecule has 0 atom stereocenters. The molecule has 0 spiro atoms. The largest absolute Gasteiger partial charge is 0.363 e. The molecule has 0 radical (unpaired) electrons. The van der Waals surface area contributed by atoms with E-state index in [1.165, 1.54) is 19.1 Å². The van der Waals surface area contributed by atoms with Crippen LogP contribution in [0.4, 0.5) is 5.82 Å². The summed E-state index contributed by atoms with van der Waals surface area (Å²) in [5.74, 6) is 0.376. The molecule has 22 heavy (non-hydrogen) atoms. The molecule has 3 rings (SSSR count). The number of carbonyl (C=O) groups is 2. The van der Waals surface area contributed by atoms with Gasteiger partial charge in [0.05, 0.1) is 6.54 Å². The van der Waals surface area contributed by atoms with Crippen molar-refractivity contribution in [2.45, 2.75) is 25.7 Å². The normalized spacial score (nSPS) is 18.4. The number of nitrogens with one attached hydrogen (secondary N) is 1. The average Bonchev–Trinajstić information content (AvgIpc) is 2.99. The van der Waals surface area contributed by atoms with Crippen LogP contribution < -0.4 is 5.32 Å². The van der Waals surface area contributed by atoms with E-state index in [0.29, 0.717) is 12.4 Å². The number of amides is 2. The number of likely N-dealkylation sites (tertiary alicyclic amines) is 1. The summed E-state index contributed by atoms with van der Waals surface area (Å²) in [7, 11) is 0. The molecule has 1 saturated carbocycles. The molecule has 1 aliphatic heterocycles. The van der Waals surface area contributed by atoms with Crippen molar-refractivity contribution in [1.82, 2.24) is 15.0 Å². The van der Waals surface area contributed by atoms with E-state index < -0.39 is 0 Å². The van der Waals surface area contributed by atoms with E-state index in [1.54, 1.807) is 11.0 Å². The third kappa shape index (κ3) is 4.07. The molecule has 120 valence electrons. The molecule has 7 nitrogen and oxygen atoms in total. The molecule has 1 aromatic heterocycles. The molecule has 2 fully saturated rings. The number of aromatic nitrogens is 1. The zero-order valence-corrected chi connectivity index (χ0v) is 12.7. The van der Waals surface area contributed by atoms with Crippen LogP contribution in [-0.2, 0) is 9.59 Å². The van der Waals surface area contributed by atoms with Crippen molar-refractivity contribution in [3.63, 3.8) is 0 Å². The first kappa shape index (κ1) is 15.0. The molecule has 0 unspecified atom stereocenters. The van der Waals surface area contributed by atoms with Crippen LogP contribution in [0.2, 0.25) is 0 Å². The third-order valence-corrected chi connectivity index (χ3v) is 4.16. The molecule has 2 amide bonds. The highest BCUT2D eigenvalue weighted by atomic mass is 16.5. The van der Waals surface area contributed by atoms with Gasteiger partial charge in [0.25, 0.3) is 0 Å². The zero-order valence-electron chi connectivity index (χ0n) is 12.7. The van der Waals surface area contributed by atoms with Crippen molar-refractivity contribution < 1.29 is 14.1 Å². The van der Waals surface area contributed by atoms with E-state index >= 15 is 0 Å². The molecule has 0 aromatic carbocycles. The summed E-state index contributed by atoms with van der Waals surface area (Å²) in [4.78, 5) is 28.4. The SMILES string of the molecule is O=C(CN(CCN1CCCC1)C(=O)C1CC1)Nc1ccon1. The topological polar surface area (TPSA) is 78.7 Å². The lowest BCUT2D eigenvalue weighted by Crippen LogP contribution is -2.43. The molecule has 1 N–H and O–H groups in total. The molecule has 0 bridgehead atoms. The number of hydrogen-bond acceptors (Lipinski definition) is 5. The molecule has 1 saturated heterocycles. The van der Waals surface area contributed by atoms with Crippen molar-refractivity contribution in [1.29, 1.82) is 0 Å². The maximum absolute atomic E-state index is 12.3. The molecule has 7 heteroatoms. The van der Waals surface area contributed by atoms with Crippen LogP contribution in [0.5, 0.6) is 0 Å². The number of rotatable bonds is 7. The predicted octanol–water partition coefficient (Wildman–Crippen LogP) is 0.947. The van der Waals surface area contributed by atoms with E-state index in [2.05, 4.69) is 19.9 Å². The van der Waals surface area contributed by atoms with Crippen LogP contribution in [0.15, 0.2) is 16.9 Å². The monoisotopic (exact) mass is 306 g/mol. The van der Waals surface area contributed by atoms with E-state index in [1.807, 2.05) is 0 Å². The van der Waals surface area contributed by atoms with Crippen LogP contribution in [0.25, 0.3) is 0 Å². The van der Waals surface area contributed by atoms with E-state index in [-0.39, 0.29) is 24.3 Å². The Bertz CT molecular complexity index is 507. The number of anilines is 1. The van der Waals surface area contributed by atoms with Gasteiger partial charge < -0.3 is 19.6 Å². The Hall–Kier alpha value is -1.89. The summed E-state index contributed by atoms with van der Waals surface area (Å²) in [5.41, 5.74) is 0. The van der Waals surface area contributed by atoms with Gasteiger partial charge in [0.2, 0.25) is 11.8 Å². The van der Waals surface area contributed by atoms with Gasteiger partial charge in [0.15, 0.2) is 5.82 Å². The predicted molar refractivity (Wildman–Crippen MR) is 80.1 cm³/mol. The first-order valence-corrected chi connectivity index (χ1v) is 7.94. The quantitative estimate of drug-likeness (QED) is 0.811. The lowest BCUT2D eigenvalue weighted by molar-refractivity contribution is -0.136. The van der Waals surface area contributed by atoms with Crippen molar-refractivity contribution in [2.75, 3.05) is 38.0 Å². The minimum absolute atomic E-state index is 0.0794. The number of carbonyl (C=O) groups excluding carboxylic acids is 2. The van der Waals surface area contributed by atoms with Crippen molar-refractivity contribution in [3.8, 4) is 0 Å². The fourth-order valence-corrected chi connectivity index (χ4v) is 2.76. The maximum Gasteiger partial charge on any atom is 0.245 e. The maximum atomic E-state index is 12.3. The lowest BCUT2D eigenvalue weighted by Gasteiger charge is -2.25. The molecular weight excluding hydrogens is 284 g/mol. The summed E-state index contributed by atoms with van der Waals surface area (Å²) in [6.07, 6.45) is 5.75. The smallest absolute Gasteiger partial charge is 0.245 e. The summed E-state index contributed by atoms with van der Waals surface area (Å²) < 4.78 is 4.68. The first-order valence-electron chi connectivity index (χ1n) is 7.94. The molecule has 1 aliphatic carbocycles. The van der Waals surface area contributed by atoms with E-state index in [4.69, 9.17) is 0 Å². The Labute approximate surface area is 129 Å². The highest BCUT2D eigenvalue weighted by Crippen LogP contribution is 2.31. The Morgan fingerprint density at radius 3 is 2.77 bits per heavy atom. The van der Waals surface area contributed by atoms with Crippen LogP contribution >= 0.6 is 0 Å². The van der Waals surface area contributed by atoms with Gasteiger partial charge in [-0.05, 0) is 38.8 Å². The molecule has 1 aromatic rings. The summed E-state index contributed by atoms with van der Waals surface area (Å²) in [6, 6.07) is 1.58. The van der Waals surface area contributed by atoms with Gasteiger partial charge in [-0.25, -0.2) is 0 Å². The van der Waals surface area contributed by atoms with Crippen LogP contribution in [0.1, 0.15) is 25.7 Å². The van der Waals surface area contributed by atoms with Crippen molar-refractivity contribution in [2.24, 2.45) is 5.92 Å². The van der Waals surface area contributed by atoms with Crippen LogP contribution in [0.3, 0.4) is 0 Å². The summed E-state index contributed by atoms with van der Waals surface area (Å²) in [6.45, 7) is 3.72.